The van der Waals surface area contributed by atoms with Gasteiger partial charge >= 0.3 is 0 Å². The number of nitriles is 1. The van der Waals surface area contributed by atoms with Crippen molar-refractivity contribution in [2.24, 2.45) is 5.73 Å². The number of nitrogens with two attached hydrogens (primary N) is 1. The summed E-state index contributed by atoms with van der Waals surface area (Å²) in [6.07, 6.45) is 2.30. The smallest absolute Gasteiger partial charge is 0.250 e. The molecule has 0 amide bonds. The van der Waals surface area contributed by atoms with E-state index < -0.39 is 20.4 Å². The molecule has 2 rings (SSSR count). The Morgan fingerprint density at radius 1 is 1.28 bits per heavy atom. The number of ether oxygens (including phenoxy) is 2. The lowest BCUT2D eigenvalue weighted by Gasteiger charge is -2.37. The number of methoxy groups -OCH3 is 2. The average Bonchev–Trinajstić information content (AvgIpc) is 3.16. The SMILES string of the molecule is COc1c(C[C@H](N)C(C#N)N2CCC[C@H]2CO)cc(O[Si](C)(C)C(C)(C)C)c(OC)c1C. The van der Waals surface area contributed by atoms with E-state index in [0.29, 0.717) is 23.7 Å². The van der Waals surface area contributed by atoms with Gasteiger partial charge in [0, 0.05) is 17.6 Å². The highest BCUT2D eigenvalue weighted by Crippen LogP contribution is 2.45. The first-order valence-electron chi connectivity index (χ1n) is 11.4. The van der Waals surface area contributed by atoms with Gasteiger partial charge in [0.05, 0.1) is 26.9 Å². The minimum atomic E-state index is -2.11. The molecule has 0 spiro atoms. The van der Waals surface area contributed by atoms with E-state index in [1.54, 1.807) is 14.2 Å². The first-order chi connectivity index (χ1) is 14.9. The summed E-state index contributed by atoms with van der Waals surface area (Å²) in [5.74, 6) is 2.07. The van der Waals surface area contributed by atoms with Gasteiger partial charge in [0.15, 0.2) is 5.75 Å². The predicted molar refractivity (Wildman–Crippen MR) is 130 cm³/mol. The number of aliphatic hydroxyl groups is 1. The van der Waals surface area contributed by atoms with Gasteiger partial charge in [-0.3, -0.25) is 4.90 Å². The number of rotatable bonds is 9. The molecule has 1 heterocycles. The molecule has 3 atom stereocenters. The Hall–Kier alpha value is -1.79. The van der Waals surface area contributed by atoms with Crippen LogP contribution in [0.2, 0.25) is 18.1 Å². The third kappa shape index (κ3) is 5.40. The van der Waals surface area contributed by atoms with E-state index >= 15 is 0 Å². The second-order valence-corrected chi connectivity index (χ2v) is 15.0. The quantitative estimate of drug-likeness (QED) is 0.539. The normalized spacial score (nSPS) is 19.3. The van der Waals surface area contributed by atoms with Crippen molar-refractivity contribution in [1.29, 1.82) is 5.26 Å². The molecular formula is C24H41N3O4Si. The number of likely N-dealkylation sites (tertiary alicyclic amines) is 1. The molecule has 1 fully saturated rings. The van der Waals surface area contributed by atoms with Crippen molar-refractivity contribution in [1.82, 2.24) is 4.90 Å². The minimum absolute atomic E-state index is 0.0114. The lowest BCUT2D eigenvalue weighted by atomic mass is 9.96. The summed E-state index contributed by atoms with van der Waals surface area (Å²) in [6, 6.07) is 3.41. The lowest BCUT2D eigenvalue weighted by Crippen LogP contribution is -2.50. The van der Waals surface area contributed by atoms with Crippen LogP contribution in [0.25, 0.3) is 0 Å². The summed E-state index contributed by atoms with van der Waals surface area (Å²) >= 11 is 0. The van der Waals surface area contributed by atoms with Crippen molar-refractivity contribution in [3.8, 4) is 23.3 Å². The molecule has 1 aromatic rings. The molecule has 180 valence electrons. The van der Waals surface area contributed by atoms with Crippen molar-refractivity contribution < 1.29 is 19.0 Å². The van der Waals surface area contributed by atoms with E-state index in [1.165, 1.54) is 0 Å². The van der Waals surface area contributed by atoms with Gasteiger partial charge < -0.3 is 24.7 Å². The van der Waals surface area contributed by atoms with Crippen LogP contribution in [0.1, 0.15) is 44.7 Å². The fraction of sp³-hybridized carbons (Fsp3) is 0.708. The summed E-state index contributed by atoms with van der Waals surface area (Å²) in [5, 5.41) is 19.6. The molecular weight excluding hydrogens is 422 g/mol. The molecule has 0 aliphatic carbocycles. The van der Waals surface area contributed by atoms with Crippen molar-refractivity contribution in [2.45, 2.75) is 83.2 Å². The molecule has 7 nitrogen and oxygen atoms in total. The third-order valence-corrected chi connectivity index (χ3v) is 11.4. The summed E-state index contributed by atoms with van der Waals surface area (Å²) in [6.45, 7) is 13.8. The highest BCUT2D eigenvalue weighted by Gasteiger charge is 2.40. The van der Waals surface area contributed by atoms with Gasteiger partial charge in [-0.25, -0.2) is 0 Å². The zero-order chi connectivity index (χ0) is 24.3. The monoisotopic (exact) mass is 463 g/mol. The van der Waals surface area contributed by atoms with Crippen LogP contribution < -0.4 is 19.6 Å². The minimum Gasteiger partial charge on any atom is -0.541 e. The maximum atomic E-state index is 9.88. The maximum Gasteiger partial charge on any atom is 0.250 e. The number of nitrogens with zero attached hydrogens (tertiary/aromatic N) is 2. The molecule has 3 N–H and O–H groups in total. The maximum absolute atomic E-state index is 9.88. The van der Waals surface area contributed by atoms with Crippen molar-refractivity contribution >= 4 is 8.32 Å². The van der Waals surface area contributed by atoms with E-state index in [2.05, 4.69) is 39.9 Å². The van der Waals surface area contributed by atoms with Crippen LogP contribution in [0, 0.1) is 18.3 Å². The second kappa shape index (κ2) is 10.4. The molecule has 1 aromatic carbocycles. The highest BCUT2D eigenvalue weighted by atomic mass is 28.4. The number of hydrogen-bond acceptors (Lipinski definition) is 7. The van der Waals surface area contributed by atoms with Crippen LogP contribution in [-0.2, 0) is 6.42 Å². The van der Waals surface area contributed by atoms with Crippen LogP contribution >= 0.6 is 0 Å². The Morgan fingerprint density at radius 2 is 1.91 bits per heavy atom. The summed E-state index contributed by atoms with van der Waals surface area (Å²) in [5.41, 5.74) is 8.34. The third-order valence-electron chi connectivity index (χ3n) is 7.07. The van der Waals surface area contributed by atoms with Crippen LogP contribution in [0.5, 0.6) is 17.2 Å². The molecule has 0 saturated carbocycles. The van der Waals surface area contributed by atoms with Gasteiger partial charge in [0.25, 0.3) is 8.32 Å². The van der Waals surface area contributed by atoms with Crippen molar-refractivity contribution in [3.05, 3.63) is 17.2 Å². The zero-order valence-electron chi connectivity index (χ0n) is 21.0. The topological polar surface area (TPSA) is 101 Å². The van der Waals surface area contributed by atoms with Gasteiger partial charge in [-0.1, -0.05) is 20.8 Å². The van der Waals surface area contributed by atoms with Gasteiger partial charge in [0.2, 0.25) is 0 Å². The molecule has 32 heavy (non-hydrogen) atoms. The van der Waals surface area contributed by atoms with Crippen LogP contribution in [0.15, 0.2) is 6.07 Å². The van der Waals surface area contributed by atoms with E-state index in [-0.39, 0.29) is 17.7 Å². The Kier molecular flexibility index (Phi) is 8.62. The molecule has 0 aromatic heterocycles. The van der Waals surface area contributed by atoms with Crippen LogP contribution in [0.3, 0.4) is 0 Å². The van der Waals surface area contributed by atoms with E-state index in [9.17, 15) is 10.4 Å². The first kappa shape index (κ1) is 26.5. The van der Waals surface area contributed by atoms with E-state index in [1.807, 2.05) is 17.9 Å². The average molecular weight is 464 g/mol. The number of benzene rings is 1. The number of hydrogen-bond donors (Lipinski definition) is 2. The Bertz CT molecular complexity index is 832. The van der Waals surface area contributed by atoms with Crippen molar-refractivity contribution in [2.75, 3.05) is 27.4 Å². The summed E-state index contributed by atoms with van der Waals surface area (Å²) in [7, 11) is 1.16. The van der Waals surface area contributed by atoms with Crippen molar-refractivity contribution in [3.63, 3.8) is 0 Å². The van der Waals surface area contributed by atoms with Gasteiger partial charge in [-0.15, -0.1) is 0 Å². The molecule has 1 unspecified atom stereocenters. The summed E-state index contributed by atoms with van der Waals surface area (Å²) in [4.78, 5) is 2.04. The molecule has 0 radical (unpaired) electrons. The standard InChI is InChI=1S/C24H41N3O4Si/c1-16-22(29-5)17(12-19(26)20(14-25)27-11-9-10-18(27)15-28)13-21(23(16)30-6)31-32(7,8)24(2,3)4/h13,18-20,28H,9-12,15,26H2,1-8H3/t18-,19-,20?/m0/s1. The van der Waals surface area contributed by atoms with Crippen LogP contribution in [0.4, 0.5) is 0 Å². The van der Waals surface area contributed by atoms with E-state index in [0.717, 1.165) is 30.5 Å². The van der Waals surface area contributed by atoms with Crippen LogP contribution in [-0.4, -0.2) is 63.8 Å². The van der Waals surface area contributed by atoms with Gasteiger partial charge in [-0.2, -0.15) is 5.26 Å². The molecule has 1 aliphatic rings. The Labute approximate surface area is 194 Å². The molecule has 1 saturated heterocycles. The largest absolute Gasteiger partial charge is 0.541 e. The Balaban J connectivity index is 2.44. The van der Waals surface area contributed by atoms with E-state index in [4.69, 9.17) is 19.6 Å². The van der Waals surface area contributed by atoms with Gasteiger partial charge in [-0.05, 0) is 62.5 Å². The second-order valence-electron chi connectivity index (χ2n) is 10.2. The summed E-state index contributed by atoms with van der Waals surface area (Å²) < 4.78 is 18.1. The Morgan fingerprint density at radius 3 is 2.41 bits per heavy atom. The molecule has 0 bridgehead atoms. The lowest BCUT2D eigenvalue weighted by molar-refractivity contribution is 0.128. The first-order valence-corrected chi connectivity index (χ1v) is 14.3. The van der Waals surface area contributed by atoms with Gasteiger partial charge in [0.1, 0.15) is 17.5 Å². The zero-order valence-corrected chi connectivity index (χ0v) is 22.0. The highest BCUT2D eigenvalue weighted by molar-refractivity contribution is 6.74. The fourth-order valence-electron chi connectivity index (χ4n) is 4.21. The number of aliphatic hydroxyl groups excluding tert-OH is 1. The molecule has 1 aliphatic heterocycles. The fourth-order valence-corrected chi connectivity index (χ4v) is 5.22. The predicted octanol–water partition coefficient (Wildman–Crippen LogP) is 3.61. The molecule has 8 heteroatoms.